The molecule has 0 spiro atoms. The van der Waals surface area contributed by atoms with Gasteiger partial charge in [0.15, 0.2) is 0 Å². The van der Waals surface area contributed by atoms with Crippen LogP contribution in [0, 0.1) is 0 Å². The molecule has 0 saturated heterocycles. The Balaban J connectivity index is 1.70. The van der Waals surface area contributed by atoms with Crippen LogP contribution in [0.25, 0.3) is 11.1 Å². The number of ether oxygens (including phenoxy) is 2. The molecular formula is C38H51N5O6. The number of methoxy groups -OCH3 is 1. The molecule has 0 heterocycles. The van der Waals surface area contributed by atoms with Crippen LogP contribution in [0.3, 0.4) is 0 Å². The third kappa shape index (κ3) is 12.3. The molecule has 49 heavy (non-hydrogen) atoms. The summed E-state index contributed by atoms with van der Waals surface area (Å²) in [5.41, 5.74) is 16.3. The first-order valence-electron chi connectivity index (χ1n) is 16.9. The van der Waals surface area contributed by atoms with Gasteiger partial charge in [0.25, 0.3) is 0 Å². The quantitative estimate of drug-likeness (QED) is 0.0798. The number of aryl methyl sites for hydroxylation is 2. The van der Waals surface area contributed by atoms with E-state index in [2.05, 4.69) is 22.9 Å². The smallest absolute Gasteiger partial charge is 0.243 e. The van der Waals surface area contributed by atoms with Crippen molar-refractivity contribution in [3.63, 3.8) is 0 Å². The van der Waals surface area contributed by atoms with Crippen molar-refractivity contribution < 1.29 is 28.7 Å². The highest BCUT2D eigenvalue weighted by Gasteiger charge is 2.28. The zero-order valence-electron chi connectivity index (χ0n) is 28.8. The number of carbonyl (C=O) groups excluding carboxylic acids is 4. The molecule has 0 fully saturated rings. The van der Waals surface area contributed by atoms with Gasteiger partial charge in [0.2, 0.25) is 17.7 Å². The molecule has 3 amide bonds. The minimum Gasteiger partial charge on any atom is -0.497 e. The van der Waals surface area contributed by atoms with E-state index in [-0.39, 0.29) is 12.8 Å². The number of hydrogen-bond donors (Lipinski definition) is 5. The lowest BCUT2D eigenvalue weighted by Gasteiger charge is -2.24. The van der Waals surface area contributed by atoms with Gasteiger partial charge in [-0.3, -0.25) is 14.4 Å². The third-order valence-corrected chi connectivity index (χ3v) is 8.44. The minimum absolute atomic E-state index is 0.0572. The molecule has 2 unspecified atom stereocenters. The Labute approximate surface area is 289 Å². The van der Waals surface area contributed by atoms with Gasteiger partial charge in [-0.2, -0.15) is 0 Å². The van der Waals surface area contributed by atoms with Gasteiger partial charge in [0, 0.05) is 12.8 Å². The number of hydrogen-bond acceptors (Lipinski definition) is 8. The molecule has 3 atom stereocenters. The molecule has 0 aromatic heterocycles. The zero-order chi connectivity index (χ0) is 35.6. The third-order valence-electron chi connectivity index (χ3n) is 8.44. The summed E-state index contributed by atoms with van der Waals surface area (Å²) in [4.78, 5) is 50.3. The second-order valence-corrected chi connectivity index (χ2v) is 11.9. The topological polar surface area (TPSA) is 175 Å². The summed E-state index contributed by atoms with van der Waals surface area (Å²) in [6.45, 7) is 3.34. The average Bonchev–Trinajstić information content (AvgIpc) is 3.12. The van der Waals surface area contributed by atoms with Crippen LogP contribution >= 0.6 is 0 Å². The van der Waals surface area contributed by atoms with E-state index in [1.165, 1.54) is 0 Å². The number of carbonyl (C=O) groups is 4. The van der Waals surface area contributed by atoms with E-state index in [4.69, 9.17) is 20.9 Å². The molecule has 0 aliphatic heterocycles. The number of aldehydes is 1. The fourth-order valence-corrected chi connectivity index (χ4v) is 5.52. The Morgan fingerprint density at radius 2 is 1.49 bits per heavy atom. The normalized spacial score (nSPS) is 12.7. The van der Waals surface area contributed by atoms with Crippen molar-refractivity contribution in [1.29, 1.82) is 0 Å². The molecule has 3 aromatic rings. The average molecular weight is 674 g/mol. The largest absolute Gasteiger partial charge is 0.497 e. The Bertz CT molecular complexity index is 1500. The number of benzene rings is 3. The lowest BCUT2D eigenvalue weighted by molar-refractivity contribution is -0.132. The highest BCUT2D eigenvalue weighted by molar-refractivity contribution is 5.93. The minimum atomic E-state index is -1.02. The molecule has 3 rings (SSSR count). The second kappa shape index (κ2) is 20.6. The van der Waals surface area contributed by atoms with Gasteiger partial charge >= 0.3 is 0 Å². The van der Waals surface area contributed by atoms with Crippen LogP contribution in [-0.2, 0) is 38.4 Å². The summed E-state index contributed by atoms with van der Waals surface area (Å²) in [5, 5.41) is 8.34. The van der Waals surface area contributed by atoms with Crippen molar-refractivity contribution in [3.05, 3.63) is 83.4 Å². The van der Waals surface area contributed by atoms with Crippen molar-refractivity contribution in [3.8, 4) is 22.6 Å². The molecule has 0 saturated carbocycles. The van der Waals surface area contributed by atoms with Gasteiger partial charge in [0.05, 0.1) is 19.8 Å². The van der Waals surface area contributed by atoms with E-state index in [0.717, 1.165) is 58.6 Å². The summed E-state index contributed by atoms with van der Waals surface area (Å²) in [6, 6.07) is 18.7. The van der Waals surface area contributed by atoms with Crippen molar-refractivity contribution in [2.24, 2.45) is 11.5 Å². The highest BCUT2D eigenvalue weighted by Crippen LogP contribution is 2.28. The van der Waals surface area contributed by atoms with E-state index in [1.54, 1.807) is 14.2 Å². The first-order valence-corrected chi connectivity index (χ1v) is 16.9. The Morgan fingerprint density at radius 1 is 0.837 bits per heavy atom. The summed E-state index contributed by atoms with van der Waals surface area (Å²) < 4.78 is 11.1. The number of rotatable bonds is 22. The van der Waals surface area contributed by atoms with Crippen LogP contribution in [0.5, 0.6) is 11.5 Å². The maximum Gasteiger partial charge on any atom is 0.243 e. The van der Waals surface area contributed by atoms with E-state index >= 15 is 0 Å². The zero-order valence-corrected chi connectivity index (χ0v) is 28.8. The molecule has 0 radical (unpaired) electrons. The van der Waals surface area contributed by atoms with Crippen LogP contribution in [0.15, 0.2) is 66.7 Å². The predicted molar refractivity (Wildman–Crippen MR) is 191 cm³/mol. The molecule has 0 aliphatic carbocycles. The van der Waals surface area contributed by atoms with E-state index in [0.29, 0.717) is 38.7 Å². The van der Waals surface area contributed by atoms with Crippen LogP contribution in [0.4, 0.5) is 0 Å². The van der Waals surface area contributed by atoms with Crippen LogP contribution in [0.1, 0.15) is 55.7 Å². The van der Waals surface area contributed by atoms with E-state index in [9.17, 15) is 19.2 Å². The van der Waals surface area contributed by atoms with Gasteiger partial charge in [-0.15, -0.1) is 0 Å². The lowest BCUT2D eigenvalue weighted by Crippen LogP contribution is -2.56. The Kier molecular flexibility index (Phi) is 16.3. The lowest BCUT2D eigenvalue weighted by atomic mass is 9.95. The molecule has 3 aromatic carbocycles. The van der Waals surface area contributed by atoms with E-state index < -0.39 is 35.8 Å². The van der Waals surface area contributed by atoms with Crippen LogP contribution < -0.4 is 36.9 Å². The molecule has 11 heteroatoms. The fourth-order valence-electron chi connectivity index (χ4n) is 5.52. The summed E-state index contributed by atoms with van der Waals surface area (Å²) >= 11 is 0. The maximum atomic E-state index is 13.6. The maximum absolute atomic E-state index is 13.6. The number of nitrogens with two attached hydrogens (primary N) is 2. The summed E-state index contributed by atoms with van der Waals surface area (Å²) in [5.74, 6) is -0.129. The molecule has 0 aliphatic rings. The predicted octanol–water partition coefficient (Wildman–Crippen LogP) is 3.24. The highest BCUT2D eigenvalue weighted by atomic mass is 16.5. The molecule has 264 valence electrons. The van der Waals surface area contributed by atoms with Crippen molar-refractivity contribution in [1.82, 2.24) is 16.0 Å². The Hall–Kier alpha value is -4.74. The number of primary amides is 1. The Morgan fingerprint density at radius 3 is 2.10 bits per heavy atom. The summed E-state index contributed by atoms with van der Waals surface area (Å²) in [7, 11) is 3.21. The van der Waals surface area contributed by atoms with Gasteiger partial charge in [-0.1, -0.05) is 49.4 Å². The van der Waals surface area contributed by atoms with Gasteiger partial charge in [-0.05, 0) is 104 Å². The van der Waals surface area contributed by atoms with Gasteiger partial charge < -0.3 is 41.7 Å². The van der Waals surface area contributed by atoms with Gasteiger partial charge in [0.1, 0.15) is 29.9 Å². The fraction of sp³-hybridized carbons (Fsp3) is 0.421. The number of likely N-dealkylation sites (N-methyl/N-ethyl adjacent to an activating group) is 1. The second-order valence-electron chi connectivity index (χ2n) is 11.9. The SMILES string of the molecule is CCc1cc(OC)ccc1-c1ccc(C[C@H](NC(=O)C(CC=O)NC)C(=O)NC(CCCc2ccc(OCCCCN)cc2)C(N)=O)cc1. The summed E-state index contributed by atoms with van der Waals surface area (Å²) in [6.07, 6.45) is 4.97. The van der Waals surface area contributed by atoms with Crippen LogP contribution in [-0.4, -0.2) is 69.4 Å². The van der Waals surface area contributed by atoms with Crippen molar-refractivity contribution in [2.75, 3.05) is 27.3 Å². The van der Waals surface area contributed by atoms with E-state index in [1.807, 2.05) is 66.7 Å². The van der Waals surface area contributed by atoms with Gasteiger partial charge in [-0.25, -0.2) is 0 Å². The van der Waals surface area contributed by atoms with Crippen molar-refractivity contribution >= 4 is 24.0 Å². The molecule has 7 N–H and O–H groups in total. The molecule has 11 nitrogen and oxygen atoms in total. The molecule has 0 bridgehead atoms. The first-order chi connectivity index (χ1) is 23.7. The van der Waals surface area contributed by atoms with Crippen LogP contribution in [0.2, 0.25) is 0 Å². The number of nitrogens with one attached hydrogen (secondary N) is 3. The number of amides is 3. The van der Waals surface area contributed by atoms with Crippen molar-refractivity contribution in [2.45, 2.75) is 76.4 Å². The monoisotopic (exact) mass is 673 g/mol. The first kappa shape index (κ1) is 38.7. The molecular weight excluding hydrogens is 622 g/mol. The standard InChI is InChI=1S/C38H51N5O6/c1-4-28-25-31(48-3)18-19-32(28)29-14-10-27(11-15-29)24-35(43-37(46)34(41-2)20-22-44)38(47)42-33(36(40)45)9-7-8-26-12-16-30(17-13-26)49-23-6-5-21-39/h10-19,22,25,33-35,41H,4-9,20-21,23-24,39H2,1-3H3,(H2,40,45)(H,42,47)(H,43,46)/t33?,34?,35-/m0/s1. The number of unbranched alkanes of at least 4 members (excludes halogenated alkanes) is 1.